The van der Waals surface area contributed by atoms with Gasteiger partial charge in [-0.1, -0.05) is 18.2 Å². The summed E-state index contributed by atoms with van der Waals surface area (Å²) >= 11 is 0. The van der Waals surface area contributed by atoms with Gasteiger partial charge in [-0.15, -0.1) is 0 Å². The van der Waals surface area contributed by atoms with Gasteiger partial charge in [-0.25, -0.2) is 0 Å². The number of rotatable bonds is 3. The van der Waals surface area contributed by atoms with Crippen molar-refractivity contribution in [3.8, 4) is 5.75 Å². The molecule has 3 nitrogen and oxygen atoms in total. The van der Waals surface area contributed by atoms with Crippen LogP contribution < -0.4 is 4.74 Å². The summed E-state index contributed by atoms with van der Waals surface area (Å²) in [6.45, 7) is 1.64. The molecule has 2 rings (SSSR count). The van der Waals surface area contributed by atoms with E-state index >= 15 is 0 Å². The lowest BCUT2D eigenvalue weighted by Crippen LogP contribution is -2.06. The second-order valence-corrected chi connectivity index (χ2v) is 3.86. The normalized spacial score (nSPS) is 11.9. The summed E-state index contributed by atoms with van der Waals surface area (Å²) in [5, 5.41) is 10.7. The average Bonchev–Trinajstić information content (AvgIpc) is 2.36. The highest BCUT2D eigenvalue weighted by atomic mass is 16.5. The van der Waals surface area contributed by atoms with Gasteiger partial charge in [0.2, 0.25) is 0 Å². The highest BCUT2D eigenvalue weighted by Gasteiger charge is 2.13. The number of hydrogen-bond donors (Lipinski definition) is 1. The molecule has 17 heavy (non-hydrogen) atoms. The molecule has 0 aromatic heterocycles. The van der Waals surface area contributed by atoms with Crippen molar-refractivity contribution in [2.75, 3.05) is 7.11 Å². The minimum absolute atomic E-state index is 0.572. The third kappa shape index (κ3) is 2.16. The molecule has 0 radical (unpaired) electrons. The number of carboxylic acid groups (broad SMARTS) is 1. The summed E-state index contributed by atoms with van der Waals surface area (Å²) in [5.41, 5.74) is 0.634. The lowest BCUT2D eigenvalue weighted by atomic mass is 10.0. The van der Waals surface area contributed by atoms with Crippen LogP contribution in [0.5, 0.6) is 5.75 Å². The van der Waals surface area contributed by atoms with Crippen LogP contribution in [-0.2, 0) is 4.79 Å². The molecular weight excluding hydrogens is 216 g/mol. The van der Waals surface area contributed by atoms with Gasteiger partial charge in [0.25, 0.3) is 0 Å². The standard InChI is InChI=1S/C14H12O3/c1-9(14(15)16)10-3-4-12-8-13(17-2)6-5-11(12)7-10/h5-9H,1-2H3,(H,15,16). The number of carbonyl (C=O) groups is 1. The van der Waals surface area contributed by atoms with Gasteiger partial charge in [0.15, 0.2) is 0 Å². The lowest BCUT2D eigenvalue weighted by Gasteiger charge is -2.05. The minimum Gasteiger partial charge on any atom is -0.497 e. The van der Waals surface area contributed by atoms with Crippen LogP contribution in [0.4, 0.5) is 0 Å². The van der Waals surface area contributed by atoms with Crippen molar-refractivity contribution in [1.82, 2.24) is 0 Å². The van der Waals surface area contributed by atoms with Gasteiger partial charge in [-0.2, -0.15) is 0 Å². The van der Waals surface area contributed by atoms with Gasteiger partial charge >= 0.3 is 5.97 Å². The Hall–Kier alpha value is -2.21. The minimum atomic E-state index is -0.859. The van der Waals surface area contributed by atoms with E-state index in [0.29, 0.717) is 5.56 Å². The van der Waals surface area contributed by atoms with Crippen molar-refractivity contribution in [2.24, 2.45) is 0 Å². The zero-order valence-electron chi connectivity index (χ0n) is 9.65. The Balaban J connectivity index is 2.48. The highest BCUT2D eigenvalue weighted by Crippen LogP contribution is 2.22. The highest BCUT2D eigenvalue weighted by molar-refractivity contribution is 5.84. The van der Waals surface area contributed by atoms with Crippen molar-refractivity contribution in [3.63, 3.8) is 0 Å². The molecule has 0 heterocycles. The monoisotopic (exact) mass is 228 g/mol. The van der Waals surface area contributed by atoms with Crippen LogP contribution >= 0.6 is 0 Å². The summed E-state index contributed by atoms with van der Waals surface area (Å²) in [7, 11) is 1.60. The van der Waals surface area contributed by atoms with Gasteiger partial charge in [-0.05, 0) is 30.5 Å². The van der Waals surface area contributed by atoms with E-state index < -0.39 is 11.9 Å². The van der Waals surface area contributed by atoms with Crippen LogP contribution in [0.15, 0.2) is 24.3 Å². The molecule has 86 valence electrons. The summed E-state index contributed by atoms with van der Waals surface area (Å²) in [6, 6.07) is 13.2. The molecule has 0 bridgehead atoms. The Bertz CT molecular complexity index is 560. The molecule has 2 aromatic rings. The van der Waals surface area contributed by atoms with Crippen LogP contribution in [0.2, 0.25) is 0 Å². The molecule has 1 unspecified atom stereocenters. The summed E-state index contributed by atoms with van der Waals surface area (Å²) in [4.78, 5) is 10.9. The first kappa shape index (κ1) is 11.3. The molecular formula is C14H12O3. The maximum atomic E-state index is 10.9. The smallest absolute Gasteiger partial charge is 0.311 e. The van der Waals surface area contributed by atoms with Gasteiger partial charge in [0.05, 0.1) is 13.0 Å². The Morgan fingerprint density at radius 1 is 1.35 bits per heavy atom. The van der Waals surface area contributed by atoms with E-state index in [1.807, 2.05) is 24.3 Å². The fourth-order valence-corrected chi connectivity index (χ4v) is 1.61. The van der Waals surface area contributed by atoms with Gasteiger partial charge in [0.1, 0.15) is 5.75 Å². The number of carboxylic acids is 1. The first-order valence-electron chi connectivity index (χ1n) is 5.26. The van der Waals surface area contributed by atoms with E-state index in [2.05, 4.69) is 12.1 Å². The molecule has 0 spiro atoms. The van der Waals surface area contributed by atoms with Gasteiger partial charge in [0, 0.05) is 10.9 Å². The average molecular weight is 228 g/mol. The van der Waals surface area contributed by atoms with Crippen LogP contribution in [0.1, 0.15) is 18.4 Å². The molecule has 2 aromatic carbocycles. The predicted octanol–water partition coefficient (Wildman–Crippen LogP) is 2.64. The number of benzene rings is 1. The van der Waals surface area contributed by atoms with Gasteiger partial charge in [-0.3, -0.25) is 4.79 Å². The van der Waals surface area contributed by atoms with E-state index in [1.54, 1.807) is 14.0 Å². The molecule has 0 fully saturated rings. The first-order chi connectivity index (χ1) is 8.11. The van der Waals surface area contributed by atoms with Crippen molar-refractivity contribution in [2.45, 2.75) is 12.8 Å². The predicted molar refractivity (Wildman–Crippen MR) is 64.2 cm³/mol. The van der Waals surface area contributed by atoms with E-state index in [0.717, 1.165) is 16.5 Å². The Labute approximate surface area is 99.6 Å². The molecule has 1 N–H and O–H groups in total. The Morgan fingerprint density at radius 3 is 2.76 bits per heavy atom. The molecule has 0 aliphatic heterocycles. The summed E-state index contributed by atoms with van der Waals surface area (Å²) in [6.07, 6.45) is 0. The van der Waals surface area contributed by atoms with Gasteiger partial charge < -0.3 is 9.84 Å². The van der Waals surface area contributed by atoms with Crippen LogP contribution in [-0.4, -0.2) is 18.2 Å². The lowest BCUT2D eigenvalue weighted by molar-refractivity contribution is -0.138. The molecule has 0 aliphatic carbocycles. The summed E-state index contributed by atoms with van der Waals surface area (Å²) in [5.74, 6) is -0.679. The van der Waals surface area contributed by atoms with Crippen LogP contribution in [0.25, 0.3) is 10.8 Å². The van der Waals surface area contributed by atoms with E-state index in [-0.39, 0.29) is 0 Å². The van der Waals surface area contributed by atoms with Crippen molar-refractivity contribution in [1.29, 1.82) is 0 Å². The molecule has 3 heteroatoms. The first-order valence-corrected chi connectivity index (χ1v) is 5.26. The number of aliphatic carboxylic acids is 1. The molecule has 0 aliphatic rings. The van der Waals surface area contributed by atoms with Crippen LogP contribution in [0.3, 0.4) is 0 Å². The fraction of sp³-hybridized carbons (Fsp3) is 0.214. The quantitative estimate of drug-likeness (QED) is 0.878. The summed E-state index contributed by atoms with van der Waals surface area (Å²) < 4.78 is 5.11. The SMILES string of the molecule is COc1ccc2cc(C(C)C(=O)O)c#cc2c1. The second-order valence-electron chi connectivity index (χ2n) is 3.86. The molecule has 1 atom stereocenters. The Morgan fingerprint density at radius 2 is 2.12 bits per heavy atom. The maximum Gasteiger partial charge on any atom is 0.311 e. The van der Waals surface area contributed by atoms with Crippen LogP contribution in [0, 0.1) is 12.1 Å². The van der Waals surface area contributed by atoms with E-state index in [1.165, 1.54) is 0 Å². The Kier molecular flexibility index (Phi) is 2.88. The number of fused-ring (bicyclic) bond motifs is 1. The zero-order chi connectivity index (χ0) is 12.4. The number of ether oxygens (including phenoxy) is 1. The zero-order valence-corrected chi connectivity index (χ0v) is 9.65. The third-order valence-electron chi connectivity index (χ3n) is 2.75. The van der Waals surface area contributed by atoms with E-state index in [4.69, 9.17) is 9.84 Å². The molecule has 0 saturated carbocycles. The second kappa shape index (κ2) is 4.34. The largest absolute Gasteiger partial charge is 0.497 e. The van der Waals surface area contributed by atoms with E-state index in [9.17, 15) is 4.79 Å². The molecule has 0 amide bonds. The molecule has 0 saturated heterocycles. The fourth-order valence-electron chi connectivity index (χ4n) is 1.61. The third-order valence-corrected chi connectivity index (χ3v) is 2.75. The number of methoxy groups -OCH3 is 1. The maximum absolute atomic E-state index is 10.9. The topological polar surface area (TPSA) is 46.5 Å². The van der Waals surface area contributed by atoms with Crippen molar-refractivity contribution >= 4 is 16.7 Å². The van der Waals surface area contributed by atoms with Crippen molar-refractivity contribution in [3.05, 3.63) is 42.0 Å². The van der Waals surface area contributed by atoms with Crippen molar-refractivity contribution < 1.29 is 14.6 Å². The number of hydrogen-bond acceptors (Lipinski definition) is 2.